The second kappa shape index (κ2) is 29.8. The number of carbonyl (C=O) groups is 1. The van der Waals surface area contributed by atoms with Crippen molar-refractivity contribution in [3.8, 4) is 67.5 Å². The molecule has 396 valence electrons. The zero-order valence-electron chi connectivity index (χ0n) is 46.6. The highest BCUT2D eigenvalue weighted by atomic mass is 16.5. The normalized spacial score (nSPS) is 12.7. The summed E-state index contributed by atoms with van der Waals surface area (Å²) in [5.41, 5.74) is 10.8. The minimum absolute atomic E-state index is 0.0300. The highest BCUT2D eigenvalue weighted by Gasteiger charge is 2.34. The van der Waals surface area contributed by atoms with Gasteiger partial charge in [0.1, 0.15) is 23.0 Å². The summed E-state index contributed by atoms with van der Waals surface area (Å²) in [7, 11) is 0. The van der Waals surface area contributed by atoms with Crippen LogP contribution in [0.2, 0.25) is 0 Å². The molecule has 0 aromatic heterocycles. The van der Waals surface area contributed by atoms with Crippen LogP contribution in [0.25, 0.3) is 44.5 Å². The van der Waals surface area contributed by atoms with Crippen LogP contribution in [0.15, 0.2) is 133 Å². The third-order valence-corrected chi connectivity index (χ3v) is 14.6. The standard InChI is InChI=1S/C68H88O6/c1-10-15-17-19-43-71-60-33-23-52(24-34-60)56-31-41-64(54-27-37-61(38-28-54)72-44-20-18-16-11-2)58(45-56)21-22-59(47-68(8,9)67(69)70-14-5)66-46-57(53-25-35-62(36-26-53)73-48-50(6)12-3)32-42-65(66)55-29-39-63(40-30-55)74-49-51(7)13-4/h23-42,45-46,50-51,59H,10-22,43-44,47-49H2,1-9H3/t50-,51-,59?/m0/s1. The van der Waals surface area contributed by atoms with Gasteiger partial charge in [-0.05, 0) is 175 Å². The fourth-order valence-electron chi connectivity index (χ4n) is 9.43. The number of ether oxygens (including phenoxy) is 5. The lowest BCUT2D eigenvalue weighted by atomic mass is 9.75. The molecule has 0 saturated heterocycles. The first-order valence-corrected chi connectivity index (χ1v) is 28.3. The van der Waals surface area contributed by atoms with Crippen LogP contribution in [0.5, 0.6) is 23.0 Å². The smallest absolute Gasteiger partial charge is 0.311 e. The van der Waals surface area contributed by atoms with E-state index < -0.39 is 5.41 Å². The number of unbranched alkanes of at least 4 members (excludes halogenated alkanes) is 6. The van der Waals surface area contributed by atoms with Crippen molar-refractivity contribution < 1.29 is 28.5 Å². The first kappa shape index (κ1) is 57.3. The maximum absolute atomic E-state index is 13.9. The number of benzene rings is 6. The average molecular weight is 1000 g/mol. The molecule has 0 bridgehead atoms. The molecule has 0 spiro atoms. The zero-order chi connectivity index (χ0) is 52.7. The lowest BCUT2D eigenvalue weighted by Crippen LogP contribution is -2.29. The van der Waals surface area contributed by atoms with E-state index in [1.165, 1.54) is 55.2 Å². The second-order valence-electron chi connectivity index (χ2n) is 21.3. The number of hydrogen-bond acceptors (Lipinski definition) is 6. The molecule has 0 heterocycles. The van der Waals surface area contributed by atoms with Crippen LogP contribution >= 0.6 is 0 Å². The van der Waals surface area contributed by atoms with Gasteiger partial charge in [-0.2, -0.15) is 0 Å². The average Bonchev–Trinajstić information content (AvgIpc) is 3.43. The molecule has 6 nitrogen and oxygen atoms in total. The predicted octanol–water partition coefficient (Wildman–Crippen LogP) is 18.8. The molecule has 6 rings (SSSR count). The molecule has 0 fully saturated rings. The molecule has 0 aliphatic carbocycles. The molecular formula is C68H88O6. The Bertz CT molecular complexity index is 2560. The van der Waals surface area contributed by atoms with E-state index in [9.17, 15) is 4.79 Å². The summed E-state index contributed by atoms with van der Waals surface area (Å²) in [5, 5.41) is 0. The minimum Gasteiger partial charge on any atom is -0.494 e. The molecular weight excluding hydrogens is 913 g/mol. The SMILES string of the molecule is CCCCCCOc1ccc(-c2ccc(-c3ccc(OCCCCCC)cc3)c(CCC(CC(C)(C)C(=O)OCC)c3cc(-c4ccc(OC[C@@H](C)CC)cc4)ccc3-c3ccc(OC[C@@H](C)CC)cc3)c2)cc1. The molecule has 6 heteroatoms. The fourth-order valence-corrected chi connectivity index (χ4v) is 9.43. The van der Waals surface area contributed by atoms with Crippen LogP contribution in [0.4, 0.5) is 0 Å². The van der Waals surface area contributed by atoms with Gasteiger partial charge in [0.15, 0.2) is 0 Å². The van der Waals surface area contributed by atoms with Gasteiger partial charge >= 0.3 is 5.97 Å². The van der Waals surface area contributed by atoms with Crippen LogP contribution in [0, 0.1) is 17.3 Å². The summed E-state index contributed by atoms with van der Waals surface area (Å²) in [6.45, 7) is 22.4. The van der Waals surface area contributed by atoms with E-state index in [1.807, 2.05) is 20.8 Å². The monoisotopic (exact) mass is 1000 g/mol. The van der Waals surface area contributed by atoms with Crippen molar-refractivity contribution in [2.75, 3.05) is 33.0 Å². The third-order valence-electron chi connectivity index (χ3n) is 14.6. The Kier molecular flexibility index (Phi) is 23.0. The Morgan fingerprint density at radius 2 is 0.892 bits per heavy atom. The maximum atomic E-state index is 13.9. The summed E-state index contributed by atoms with van der Waals surface area (Å²) in [5.74, 6) is 4.29. The van der Waals surface area contributed by atoms with Crippen molar-refractivity contribution in [3.05, 3.63) is 145 Å². The number of hydrogen-bond donors (Lipinski definition) is 0. The van der Waals surface area contributed by atoms with Crippen LogP contribution < -0.4 is 18.9 Å². The Morgan fingerprint density at radius 3 is 1.35 bits per heavy atom. The zero-order valence-corrected chi connectivity index (χ0v) is 46.6. The van der Waals surface area contributed by atoms with Crippen molar-refractivity contribution in [1.82, 2.24) is 0 Å². The Labute approximate surface area is 446 Å². The summed E-state index contributed by atoms with van der Waals surface area (Å²) in [6, 6.07) is 48.0. The Balaban J connectivity index is 1.42. The van der Waals surface area contributed by atoms with E-state index in [0.717, 1.165) is 114 Å². The third kappa shape index (κ3) is 17.3. The molecule has 1 unspecified atom stereocenters. The van der Waals surface area contributed by atoms with E-state index in [-0.39, 0.29) is 11.9 Å². The lowest BCUT2D eigenvalue weighted by Gasteiger charge is -2.30. The fraction of sp³-hybridized carbons (Fsp3) is 0.456. The van der Waals surface area contributed by atoms with Gasteiger partial charge in [-0.1, -0.05) is 178 Å². The van der Waals surface area contributed by atoms with E-state index in [1.54, 1.807) is 0 Å². The van der Waals surface area contributed by atoms with Crippen LogP contribution in [-0.2, 0) is 16.0 Å². The van der Waals surface area contributed by atoms with E-state index in [4.69, 9.17) is 23.7 Å². The van der Waals surface area contributed by atoms with Crippen molar-refractivity contribution in [2.24, 2.45) is 17.3 Å². The first-order valence-electron chi connectivity index (χ1n) is 28.3. The molecule has 0 amide bonds. The van der Waals surface area contributed by atoms with Crippen LogP contribution in [0.1, 0.15) is 156 Å². The van der Waals surface area contributed by atoms with E-state index >= 15 is 0 Å². The summed E-state index contributed by atoms with van der Waals surface area (Å²) >= 11 is 0. The molecule has 0 N–H and O–H groups in total. The van der Waals surface area contributed by atoms with Gasteiger partial charge in [0, 0.05) is 0 Å². The largest absolute Gasteiger partial charge is 0.494 e. The molecule has 6 aromatic rings. The molecule has 0 aliphatic heterocycles. The van der Waals surface area contributed by atoms with E-state index in [0.29, 0.717) is 38.1 Å². The minimum atomic E-state index is -0.757. The Hall–Kier alpha value is -6.01. The number of aryl methyl sites for hydroxylation is 1. The van der Waals surface area contributed by atoms with Crippen molar-refractivity contribution in [2.45, 2.75) is 152 Å². The van der Waals surface area contributed by atoms with Crippen LogP contribution in [-0.4, -0.2) is 39.0 Å². The molecule has 0 aliphatic rings. The number of rotatable bonds is 32. The van der Waals surface area contributed by atoms with Gasteiger partial charge < -0.3 is 23.7 Å². The van der Waals surface area contributed by atoms with Crippen LogP contribution in [0.3, 0.4) is 0 Å². The topological polar surface area (TPSA) is 63.2 Å². The maximum Gasteiger partial charge on any atom is 0.311 e. The number of esters is 1. The van der Waals surface area contributed by atoms with Gasteiger partial charge in [0.05, 0.1) is 38.4 Å². The number of carbonyl (C=O) groups excluding carboxylic acids is 1. The lowest BCUT2D eigenvalue weighted by molar-refractivity contribution is -0.154. The predicted molar refractivity (Wildman–Crippen MR) is 310 cm³/mol. The van der Waals surface area contributed by atoms with Crippen molar-refractivity contribution in [3.63, 3.8) is 0 Å². The highest BCUT2D eigenvalue weighted by Crippen LogP contribution is 2.43. The van der Waals surface area contributed by atoms with Gasteiger partial charge in [-0.15, -0.1) is 0 Å². The first-order chi connectivity index (χ1) is 35.9. The van der Waals surface area contributed by atoms with Gasteiger partial charge in [-0.3, -0.25) is 4.79 Å². The molecule has 3 atom stereocenters. The quantitative estimate of drug-likeness (QED) is 0.0310. The van der Waals surface area contributed by atoms with Crippen molar-refractivity contribution in [1.29, 1.82) is 0 Å². The summed E-state index contributed by atoms with van der Waals surface area (Å²) in [6.07, 6.45) is 13.7. The van der Waals surface area contributed by atoms with Gasteiger partial charge in [0.25, 0.3) is 0 Å². The Morgan fingerprint density at radius 1 is 0.473 bits per heavy atom. The van der Waals surface area contributed by atoms with E-state index in [2.05, 4.69) is 175 Å². The summed E-state index contributed by atoms with van der Waals surface area (Å²) < 4.78 is 30.6. The molecule has 0 radical (unpaired) electrons. The molecule has 0 saturated carbocycles. The second-order valence-corrected chi connectivity index (χ2v) is 21.3. The summed E-state index contributed by atoms with van der Waals surface area (Å²) in [4.78, 5) is 13.9. The highest BCUT2D eigenvalue weighted by molar-refractivity contribution is 5.78. The van der Waals surface area contributed by atoms with Gasteiger partial charge in [0.2, 0.25) is 0 Å². The molecule has 6 aromatic carbocycles. The molecule has 74 heavy (non-hydrogen) atoms. The van der Waals surface area contributed by atoms with Crippen molar-refractivity contribution >= 4 is 5.97 Å². The van der Waals surface area contributed by atoms with Gasteiger partial charge in [-0.25, -0.2) is 0 Å².